The average Bonchev–Trinajstić information content (AvgIpc) is 2.33. The van der Waals surface area contributed by atoms with Gasteiger partial charge in [-0.2, -0.15) is 0 Å². The summed E-state index contributed by atoms with van der Waals surface area (Å²) in [6, 6.07) is 0. The standard InChI is InChI=1S/C6H11BN2/c1-2-4-7-5-8-9-6(7)3-1/h8H,1-5H2. The fourth-order valence-corrected chi connectivity index (χ4v) is 1.69. The van der Waals surface area contributed by atoms with Crippen molar-refractivity contribution in [2.24, 2.45) is 5.10 Å². The van der Waals surface area contributed by atoms with Crippen molar-refractivity contribution in [1.29, 1.82) is 0 Å². The summed E-state index contributed by atoms with van der Waals surface area (Å²) in [4.78, 5) is 0. The van der Waals surface area contributed by atoms with E-state index in [1.165, 1.54) is 31.2 Å². The number of hydrogen-bond donors (Lipinski definition) is 1. The van der Waals surface area contributed by atoms with Crippen molar-refractivity contribution in [2.75, 3.05) is 6.44 Å². The molecule has 3 heteroatoms. The van der Waals surface area contributed by atoms with Crippen LogP contribution in [0.2, 0.25) is 6.32 Å². The SMILES string of the molecule is C1CCC2=NNCB2C1. The average molecular weight is 122 g/mol. The molecule has 2 rings (SSSR count). The maximum Gasteiger partial charge on any atom is 0.220 e. The van der Waals surface area contributed by atoms with Gasteiger partial charge in [-0.25, -0.2) is 5.10 Å². The summed E-state index contributed by atoms with van der Waals surface area (Å²) in [5, 5.41) is 4.22. The second kappa shape index (κ2) is 2.05. The monoisotopic (exact) mass is 122 g/mol. The molecule has 0 aliphatic carbocycles. The van der Waals surface area contributed by atoms with E-state index < -0.39 is 0 Å². The van der Waals surface area contributed by atoms with Crippen LogP contribution in [-0.2, 0) is 0 Å². The van der Waals surface area contributed by atoms with Gasteiger partial charge in [0, 0.05) is 12.1 Å². The van der Waals surface area contributed by atoms with Gasteiger partial charge in [0.05, 0.1) is 0 Å². The second-order valence-electron chi connectivity index (χ2n) is 2.91. The zero-order chi connectivity index (χ0) is 6.10. The third-order valence-electron chi connectivity index (χ3n) is 2.27. The number of fused-ring (bicyclic) bond motifs is 1. The van der Waals surface area contributed by atoms with Gasteiger partial charge in [0.2, 0.25) is 6.71 Å². The predicted molar refractivity (Wildman–Crippen MR) is 39.8 cm³/mol. The van der Waals surface area contributed by atoms with Crippen molar-refractivity contribution < 1.29 is 0 Å². The molecule has 2 heterocycles. The molecule has 0 spiro atoms. The van der Waals surface area contributed by atoms with Gasteiger partial charge >= 0.3 is 0 Å². The highest BCUT2D eigenvalue weighted by Crippen LogP contribution is 2.17. The molecule has 0 aromatic carbocycles. The molecule has 0 aromatic rings. The molecule has 0 saturated carbocycles. The lowest BCUT2D eigenvalue weighted by molar-refractivity contribution is 0.816. The molecule has 0 aromatic heterocycles. The van der Waals surface area contributed by atoms with Crippen LogP contribution in [0.3, 0.4) is 0 Å². The van der Waals surface area contributed by atoms with Crippen LogP contribution in [0.4, 0.5) is 0 Å². The van der Waals surface area contributed by atoms with E-state index >= 15 is 0 Å². The molecule has 1 saturated heterocycles. The Hall–Kier alpha value is -0.465. The third kappa shape index (κ3) is 0.844. The van der Waals surface area contributed by atoms with Crippen LogP contribution >= 0.6 is 0 Å². The van der Waals surface area contributed by atoms with E-state index in [0.29, 0.717) is 0 Å². The lowest BCUT2D eigenvalue weighted by atomic mass is 9.41. The first-order valence-electron chi connectivity index (χ1n) is 3.76. The van der Waals surface area contributed by atoms with Gasteiger partial charge in [-0.1, -0.05) is 12.7 Å². The number of nitrogens with zero attached hydrogens (tertiary/aromatic N) is 1. The Morgan fingerprint density at radius 2 is 2.44 bits per heavy atom. The fraction of sp³-hybridized carbons (Fsp3) is 0.833. The molecule has 0 unspecified atom stereocenters. The Balaban J connectivity index is 2.09. The van der Waals surface area contributed by atoms with Crippen molar-refractivity contribution in [1.82, 2.24) is 5.43 Å². The molecule has 2 aliphatic heterocycles. The molecule has 2 nitrogen and oxygen atoms in total. The van der Waals surface area contributed by atoms with Crippen molar-refractivity contribution >= 4 is 12.3 Å². The molecular formula is C6H11BN2. The lowest BCUT2D eigenvalue weighted by Gasteiger charge is -2.13. The summed E-state index contributed by atoms with van der Waals surface area (Å²) in [5.41, 5.74) is 4.48. The summed E-state index contributed by atoms with van der Waals surface area (Å²) in [6.07, 6.45) is 6.49. The zero-order valence-corrected chi connectivity index (χ0v) is 5.56. The molecule has 48 valence electrons. The molecule has 0 radical (unpaired) electrons. The van der Waals surface area contributed by atoms with Crippen LogP contribution in [0.5, 0.6) is 0 Å². The summed E-state index contributed by atoms with van der Waals surface area (Å²) >= 11 is 0. The van der Waals surface area contributed by atoms with Crippen molar-refractivity contribution in [3.63, 3.8) is 0 Å². The van der Waals surface area contributed by atoms with E-state index in [4.69, 9.17) is 0 Å². The second-order valence-corrected chi connectivity index (χ2v) is 2.91. The van der Waals surface area contributed by atoms with Crippen LogP contribution < -0.4 is 5.43 Å². The highest BCUT2D eigenvalue weighted by atomic mass is 15.3. The molecular weight excluding hydrogens is 111 g/mol. The van der Waals surface area contributed by atoms with Gasteiger partial charge in [-0.3, -0.25) is 0 Å². The molecule has 9 heavy (non-hydrogen) atoms. The third-order valence-corrected chi connectivity index (χ3v) is 2.27. The van der Waals surface area contributed by atoms with Gasteiger partial charge in [-0.15, -0.1) is 0 Å². The van der Waals surface area contributed by atoms with Crippen LogP contribution in [0.15, 0.2) is 5.10 Å². The van der Waals surface area contributed by atoms with E-state index in [1.807, 2.05) is 0 Å². The van der Waals surface area contributed by atoms with Gasteiger partial charge in [0.25, 0.3) is 0 Å². The first-order valence-corrected chi connectivity index (χ1v) is 3.76. The quantitative estimate of drug-likeness (QED) is 0.470. The molecule has 0 bridgehead atoms. The van der Waals surface area contributed by atoms with Gasteiger partial charge < -0.3 is 5.43 Å². The summed E-state index contributed by atoms with van der Waals surface area (Å²) < 4.78 is 0. The number of nitrogens with one attached hydrogen (secondary N) is 1. The molecule has 1 fully saturated rings. The lowest BCUT2D eigenvalue weighted by Crippen LogP contribution is -2.30. The summed E-state index contributed by atoms with van der Waals surface area (Å²) in [7, 11) is 0. The first-order chi connectivity index (χ1) is 4.47. The van der Waals surface area contributed by atoms with E-state index in [0.717, 1.165) is 13.2 Å². The number of rotatable bonds is 0. The molecule has 0 atom stereocenters. The van der Waals surface area contributed by atoms with Crippen LogP contribution in [0.25, 0.3) is 0 Å². The molecule has 1 N–H and O–H groups in total. The summed E-state index contributed by atoms with van der Waals surface area (Å²) in [6.45, 7) is 0.804. The topological polar surface area (TPSA) is 24.4 Å². The molecule has 2 aliphatic rings. The maximum atomic E-state index is 4.22. The highest BCUT2D eigenvalue weighted by molar-refractivity contribution is 6.92. The Morgan fingerprint density at radius 3 is 3.33 bits per heavy atom. The Morgan fingerprint density at radius 1 is 1.44 bits per heavy atom. The van der Waals surface area contributed by atoms with E-state index in [1.54, 1.807) is 0 Å². The normalized spacial score (nSPS) is 24.9. The van der Waals surface area contributed by atoms with Gasteiger partial charge in [-0.05, 0) is 12.8 Å². The Labute approximate surface area is 55.8 Å². The fourth-order valence-electron chi connectivity index (χ4n) is 1.69. The largest absolute Gasteiger partial charge is 0.318 e. The summed E-state index contributed by atoms with van der Waals surface area (Å²) in [5.74, 6) is 0. The van der Waals surface area contributed by atoms with Crippen molar-refractivity contribution in [3.8, 4) is 0 Å². The molecule has 0 amide bonds. The van der Waals surface area contributed by atoms with Gasteiger partial charge in [0.15, 0.2) is 0 Å². The minimum absolute atomic E-state index is 0.804. The highest BCUT2D eigenvalue weighted by Gasteiger charge is 2.27. The van der Waals surface area contributed by atoms with Crippen LogP contribution in [-0.4, -0.2) is 18.8 Å². The van der Waals surface area contributed by atoms with Gasteiger partial charge in [0.1, 0.15) is 0 Å². The van der Waals surface area contributed by atoms with Crippen LogP contribution in [0.1, 0.15) is 19.3 Å². The van der Waals surface area contributed by atoms with E-state index in [2.05, 4.69) is 10.5 Å². The Bertz CT molecular complexity index is 144. The van der Waals surface area contributed by atoms with Crippen LogP contribution in [0, 0.1) is 0 Å². The predicted octanol–water partition coefficient (Wildman–Crippen LogP) is 0.703. The van der Waals surface area contributed by atoms with E-state index in [-0.39, 0.29) is 0 Å². The zero-order valence-electron chi connectivity index (χ0n) is 5.56. The number of hydrazone groups is 1. The Kier molecular flexibility index (Phi) is 1.21. The minimum Gasteiger partial charge on any atom is -0.318 e. The first kappa shape index (κ1) is 5.33. The van der Waals surface area contributed by atoms with Crippen molar-refractivity contribution in [3.05, 3.63) is 0 Å². The van der Waals surface area contributed by atoms with Crippen molar-refractivity contribution in [2.45, 2.75) is 25.6 Å². The maximum absolute atomic E-state index is 4.22. The smallest absolute Gasteiger partial charge is 0.220 e. The minimum atomic E-state index is 0.804. The number of hydrogen-bond acceptors (Lipinski definition) is 2. The van der Waals surface area contributed by atoms with E-state index in [9.17, 15) is 0 Å².